The Kier molecular flexibility index (Phi) is 4.89. The third kappa shape index (κ3) is 3.52. The number of carbonyl (C=O) groups is 1. The molecule has 0 saturated heterocycles. The maximum atomic E-state index is 13.7. The quantitative estimate of drug-likeness (QED) is 0.495. The first-order valence-electron chi connectivity index (χ1n) is 10.2. The summed E-state index contributed by atoms with van der Waals surface area (Å²) >= 11 is 0. The normalized spacial score (nSPS) is 15.6. The summed E-state index contributed by atoms with van der Waals surface area (Å²) in [6.07, 6.45) is 4.20. The highest BCUT2D eigenvalue weighted by Crippen LogP contribution is 2.28. The van der Waals surface area contributed by atoms with Crippen LogP contribution < -0.4 is 4.74 Å². The molecule has 0 N–H and O–H groups in total. The molecule has 4 heteroatoms. The standard InChI is InChI=1S/C26H22N2O2/c29-26(25-11-5-9-19-6-3-4-10-24(19)25)28-17-21-8-2-1-7-20(21)16-22(28)18-30-23-12-14-27-15-13-23/h1-15,22H,16-18H2/t22-/m0/s1. The summed E-state index contributed by atoms with van der Waals surface area (Å²) in [5.74, 6) is 0.811. The molecule has 2 heterocycles. The molecule has 1 atom stereocenters. The highest BCUT2D eigenvalue weighted by atomic mass is 16.5. The zero-order chi connectivity index (χ0) is 20.3. The van der Waals surface area contributed by atoms with E-state index in [0.717, 1.165) is 28.5 Å². The topological polar surface area (TPSA) is 42.4 Å². The molecule has 30 heavy (non-hydrogen) atoms. The first-order valence-corrected chi connectivity index (χ1v) is 10.2. The summed E-state index contributed by atoms with van der Waals surface area (Å²) in [6, 6.07) is 25.9. The van der Waals surface area contributed by atoms with Gasteiger partial charge in [-0.05, 0) is 46.5 Å². The van der Waals surface area contributed by atoms with Gasteiger partial charge in [-0.15, -0.1) is 0 Å². The number of fused-ring (bicyclic) bond motifs is 2. The van der Waals surface area contributed by atoms with Crippen molar-refractivity contribution >= 4 is 16.7 Å². The Labute approximate surface area is 175 Å². The number of nitrogens with zero attached hydrogens (tertiary/aromatic N) is 2. The van der Waals surface area contributed by atoms with E-state index in [1.165, 1.54) is 11.1 Å². The Morgan fingerprint density at radius 3 is 2.50 bits per heavy atom. The fourth-order valence-corrected chi connectivity index (χ4v) is 4.17. The average Bonchev–Trinajstić information content (AvgIpc) is 2.82. The molecular weight excluding hydrogens is 372 g/mol. The zero-order valence-corrected chi connectivity index (χ0v) is 16.6. The van der Waals surface area contributed by atoms with Crippen LogP contribution >= 0.6 is 0 Å². The molecule has 5 rings (SSSR count). The monoisotopic (exact) mass is 394 g/mol. The first-order chi connectivity index (χ1) is 14.8. The Morgan fingerprint density at radius 1 is 0.900 bits per heavy atom. The molecule has 0 bridgehead atoms. The summed E-state index contributed by atoms with van der Waals surface area (Å²) in [4.78, 5) is 19.7. The minimum Gasteiger partial charge on any atom is -0.491 e. The van der Waals surface area contributed by atoms with Crippen molar-refractivity contribution in [1.29, 1.82) is 0 Å². The van der Waals surface area contributed by atoms with Crippen LogP contribution in [0.4, 0.5) is 0 Å². The molecule has 1 aromatic heterocycles. The van der Waals surface area contributed by atoms with E-state index in [4.69, 9.17) is 4.74 Å². The van der Waals surface area contributed by atoms with Crippen LogP contribution in [0.5, 0.6) is 5.75 Å². The Bertz CT molecular complexity index is 1180. The van der Waals surface area contributed by atoms with Crippen LogP contribution in [-0.2, 0) is 13.0 Å². The van der Waals surface area contributed by atoms with E-state index >= 15 is 0 Å². The molecule has 0 unspecified atom stereocenters. The molecule has 1 aliphatic rings. The van der Waals surface area contributed by atoms with Crippen LogP contribution in [-0.4, -0.2) is 28.4 Å². The predicted molar refractivity (Wildman–Crippen MR) is 117 cm³/mol. The number of aromatic nitrogens is 1. The third-order valence-corrected chi connectivity index (χ3v) is 5.73. The molecule has 0 fully saturated rings. The number of amides is 1. The number of hydrogen-bond donors (Lipinski definition) is 0. The van der Waals surface area contributed by atoms with E-state index in [9.17, 15) is 4.79 Å². The number of hydrogen-bond acceptors (Lipinski definition) is 3. The van der Waals surface area contributed by atoms with Crippen molar-refractivity contribution in [2.45, 2.75) is 19.0 Å². The average molecular weight is 394 g/mol. The van der Waals surface area contributed by atoms with Gasteiger partial charge in [0.25, 0.3) is 5.91 Å². The van der Waals surface area contributed by atoms with Crippen LogP contribution in [0.1, 0.15) is 21.5 Å². The van der Waals surface area contributed by atoms with E-state index in [-0.39, 0.29) is 11.9 Å². The fraction of sp³-hybridized carbons (Fsp3) is 0.154. The maximum Gasteiger partial charge on any atom is 0.255 e. The molecule has 0 aliphatic carbocycles. The van der Waals surface area contributed by atoms with Crippen molar-refractivity contribution in [2.75, 3.05) is 6.61 Å². The van der Waals surface area contributed by atoms with Crippen molar-refractivity contribution in [3.8, 4) is 5.75 Å². The number of pyridine rings is 1. The van der Waals surface area contributed by atoms with Crippen molar-refractivity contribution in [1.82, 2.24) is 9.88 Å². The molecule has 3 aromatic carbocycles. The molecule has 4 nitrogen and oxygen atoms in total. The lowest BCUT2D eigenvalue weighted by atomic mass is 9.93. The molecule has 0 radical (unpaired) electrons. The summed E-state index contributed by atoms with van der Waals surface area (Å²) in [7, 11) is 0. The van der Waals surface area contributed by atoms with Gasteiger partial charge in [-0.1, -0.05) is 60.7 Å². The second kappa shape index (κ2) is 7.99. The van der Waals surface area contributed by atoms with Crippen molar-refractivity contribution in [3.63, 3.8) is 0 Å². The molecule has 1 amide bonds. The van der Waals surface area contributed by atoms with Crippen LogP contribution in [0.25, 0.3) is 10.8 Å². The van der Waals surface area contributed by atoms with E-state index in [0.29, 0.717) is 13.2 Å². The largest absolute Gasteiger partial charge is 0.491 e. The molecule has 0 spiro atoms. The third-order valence-electron chi connectivity index (χ3n) is 5.73. The van der Waals surface area contributed by atoms with Crippen LogP contribution in [0.2, 0.25) is 0 Å². The van der Waals surface area contributed by atoms with E-state index in [1.807, 2.05) is 65.6 Å². The maximum absolute atomic E-state index is 13.7. The van der Waals surface area contributed by atoms with Gasteiger partial charge >= 0.3 is 0 Å². The highest BCUT2D eigenvalue weighted by Gasteiger charge is 2.31. The number of benzene rings is 3. The van der Waals surface area contributed by atoms with Crippen LogP contribution in [0.3, 0.4) is 0 Å². The SMILES string of the molecule is O=C(c1cccc2ccccc12)N1Cc2ccccc2C[C@H]1COc1ccncc1. The van der Waals surface area contributed by atoms with Crippen LogP contribution in [0, 0.1) is 0 Å². The summed E-state index contributed by atoms with van der Waals surface area (Å²) in [5.41, 5.74) is 3.22. The highest BCUT2D eigenvalue weighted by molar-refractivity contribution is 6.07. The van der Waals surface area contributed by atoms with Gasteiger partial charge in [0.1, 0.15) is 12.4 Å². The lowest BCUT2D eigenvalue weighted by Gasteiger charge is -2.37. The fourth-order valence-electron chi connectivity index (χ4n) is 4.17. The second-order valence-electron chi connectivity index (χ2n) is 7.58. The molecular formula is C26H22N2O2. The molecule has 4 aromatic rings. The van der Waals surface area contributed by atoms with Gasteiger partial charge in [-0.2, -0.15) is 0 Å². The zero-order valence-electron chi connectivity index (χ0n) is 16.6. The van der Waals surface area contributed by atoms with E-state index in [1.54, 1.807) is 12.4 Å². The predicted octanol–water partition coefficient (Wildman–Crippen LogP) is 4.88. The van der Waals surface area contributed by atoms with E-state index < -0.39 is 0 Å². The molecule has 1 aliphatic heterocycles. The smallest absolute Gasteiger partial charge is 0.255 e. The van der Waals surface area contributed by atoms with Gasteiger partial charge in [0, 0.05) is 24.5 Å². The Morgan fingerprint density at radius 2 is 1.63 bits per heavy atom. The van der Waals surface area contributed by atoms with Crippen molar-refractivity contribution in [2.24, 2.45) is 0 Å². The number of rotatable bonds is 4. The lowest BCUT2D eigenvalue weighted by Crippen LogP contribution is -2.47. The minimum atomic E-state index is -0.0421. The van der Waals surface area contributed by atoms with E-state index in [2.05, 4.69) is 23.2 Å². The van der Waals surface area contributed by atoms with Gasteiger partial charge in [-0.3, -0.25) is 9.78 Å². The first kappa shape index (κ1) is 18.4. The van der Waals surface area contributed by atoms with Crippen LogP contribution in [0.15, 0.2) is 91.3 Å². The lowest BCUT2D eigenvalue weighted by molar-refractivity contribution is 0.0568. The number of carbonyl (C=O) groups excluding carboxylic acids is 1. The van der Waals surface area contributed by atoms with Gasteiger partial charge in [0.2, 0.25) is 0 Å². The minimum absolute atomic E-state index is 0.0421. The Balaban J connectivity index is 1.48. The molecule has 0 saturated carbocycles. The van der Waals surface area contributed by atoms with Gasteiger partial charge in [0.15, 0.2) is 0 Å². The summed E-state index contributed by atoms with van der Waals surface area (Å²) < 4.78 is 6.03. The summed E-state index contributed by atoms with van der Waals surface area (Å²) in [6.45, 7) is 1.03. The van der Waals surface area contributed by atoms with Crippen molar-refractivity contribution < 1.29 is 9.53 Å². The van der Waals surface area contributed by atoms with Gasteiger partial charge < -0.3 is 9.64 Å². The summed E-state index contributed by atoms with van der Waals surface area (Å²) in [5, 5.41) is 2.06. The van der Waals surface area contributed by atoms with Gasteiger partial charge in [-0.25, -0.2) is 0 Å². The van der Waals surface area contributed by atoms with Crippen molar-refractivity contribution in [3.05, 3.63) is 108 Å². The molecule has 148 valence electrons. The Hall–Kier alpha value is -3.66. The van der Waals surface area contributed by atoms with Gasteiger partial charge in [0.05, 0.1) is 6.04 Å². The number of ether oxygens (including phenoxy) is 1. The second-order valence-corrected chi connectivity index (χ2v) is 7.58.